The van der Waals surface area contributed by atoms with Crippen LogP contribution in [0.4, 0.5) is 10.5 Å². The van der Waals surface area contributed by atoms with Gasteiger partial charge in [-0.05, 0) is 12.1 Å². The van der Waals surface area contributed by atoms with Gasteiger partial charge in [-0.1, -0.05) is 0 Å². The maximum Gasteiger partial charge on any atom is 0.314 e. The van der Waals surface area contributed by atoms with Crippen molar-refractivity contribution in [2.75, 3.05) is 32.7 Å². The van der Waals surface area contributed by atoms with Gasteiger partial charge in [0.1, 0.15) is 0 Å². The van der Waals surface area contributed by atoms with Gasteiger partial charge in [0.25, 0.3) is 0 Å². The van der Waals surface area contributed by atoms with E-state index in [2.05, 4.69) is 10.6 Å². The Kier molecular flexibility index (Phi) is 4.52. The third kappa shape index (κ3) is 3.18. The van der Waals surface area contributed by atoms with Gasteiger partial charge in [-0.2, -0.15) is 0 Å². The van der Waals surface area contributed by atoms with Gasteiger partial charge in [-0.25, -0.2) is 4.79 Å². The van der Waals surface area contributed by atoms with Crippen LogP contribution in [-0.2, 0) is 4.79 Å². The molecule has 1 aromatic carbocycles. The van der Waals surface area contributed by atoms with Gasteiger partial charge in [0.15, 0.2) is 11.5 Å². The fourth-order valence-electron chi connectivity index (χ4n) is 2.30. The molecule has 1 aliphatic heterocycles. The number of methoxy groups -OCH3 is 2. The van der Waals surface area contributed by atoms with Gasteiger partial charge in [0.05, 0.1) is 20.3 Å². The van der Waals surface area contributed by atoms with Crippen LogP contribution in [0.2, 0.25) is 0 Å². The third-order valence-electron chi connectivity index (χ3n) is 3.37. The first-order chi connectivity index (χ1) is 10.1. The van der Waals surface area contributed by atoms with Crippen LogP contribution in [0, 0.1) is 0 Å². The zero-order valence-electron chi connectivity index (χ0n) is 12.3. The molecule has 1 aromatic rings. The molecule has 0 saturated carbocycles. The van der Waals surface area contributed by atoms with Crippen molar-refractivity contribution < 1.29 is 19.1 Å². The number of urea groups is 1. The summed E-state index contributed by atoms with van der Waals surface area (Å²) in [5.74, 6) is 1.13. The molecule has 2 N–H and O–H groups in total. The molecule has 1 fully saturated rings. The summed E-state index contributed by atoms with van der Waals surface area (Å²) in [6, 6.07) is 4.80. The second-order valence-corrected chi connectivity index (χ2v) is 4.67. The molecular weight excluding hydrogens is 274 g/mol. The number of ether oxygens (including phenoxy) is 2. The fourth-order valence-corrected chi connectivity index (χ4v) is 2.30. The molecule has 3 amide bonds. The van der Waals surface area contributed by atoms with Crippen molar-refractivity contribution in [2.45, 2.75) is 12.5 Å². The summed E-state index contributed by atoms with van der Waals surface area (Å²) in [6.07, 6.45) is 0.280. The SMILES string of the molecule is CNC(=O)NC1CC(=O)N(c2ccc(OC)c(OC)c2)C1. The number of rotatable bonds is 4. The van der Waals surface area contributed by atoms with E-state index in [4.69, 9.17) is 9.47 Å². The van der Waals surface area contributed by atoms with Crippen LogP contribution in [0.3, 0.4) is 0 Å². The maximum atomic E-state index is 12.1. The Balaban J connectivity index is 2.15. The molecule has 0 bridgehead atoms. The standard InChI is InChI=1S/C14H19N3O4/c1-15-14(19)16-9-6-13(18)17(8-9)10-4-5-11(20-2)12(7-10)21-3/h4-5,7,9H,6,8H2,1-3H3,(H2,15,16,19). The van der Waals surface area contributed by atoms with Crippen molar-refractivity contribution in [3.8, 4) is 11.5 Å². The van der Waals surface area contributed by atoms with E-state index in [1.165, 1.54) is 7.05 Å². The highest BCUT2D eigenvalue weighted by molar-refractivity contribution is 5.97. The van der Waals surface area contributed by atoms with Crippen LogP contribution in [0.5, 0.6) is 11.5 Å². The second kappa shape index (κ2) is 6.34. The summed E-state index contributed by atoms with van der Waals surface area (Å²) in [5, 5.41) is 5.22. The quantitative estimate of drug-likeness (QED) is 0.858. The molecule has 114 valence electrons. The first kappa shape index (κ1) is 15.0. The monoisotopic (exact) mass is 293 g/mol. The molecule has 1 atom stereocenters. The lowest BCUT2D eigenvalue weighted by molar-refractivity contribution is -0.117. The van der Waals surface area contributed by atoms with E-state index < -0.39 is 0 Å². The lowest BCUT2D eigenvalue weighted by Gasteiger charge is -2.19. The first-order valence-electron chi connectivity index (χ1n) is 6.59. The minimum atomic E-state index is -0.290. The van der Waals surface area contributed by atoms with Crippen molar-refractivity contribution in [1.82, 2.24) is 10.6 Å². The van der Waals surface area contributed by atoms with E-state index >= 15 is 0 Å². The normalized spacial score (nSPS) is 17.6. The highest BCUT2D eigenvalue weighted by atomic mass is 16.5. The van der Waals surface area contributed by atoms with E-state index in [9.17, 15) is 9.59 Å². The molecular formula is C14H19N3O4. The van der Waals surface area contributed by atoms with Crippen molar-refractivity contribution in [3.05, 3.63) is 18.2 Å². The van der Waals surface area contributed by atoms with Crippen LogP contribution in [0.15, 0.2) is 18.2 Å². The molecule has 1 heterocycles. The Morgan fingerprint density at radius 2 is 2.00 bits per heavy atom. The topological polar surface area (TPSA) is 79.9 Å². The predicted octanol–water partition coefficient (Wildman–Crippen LogP) is 0.738. The molecule has 0 aliphatic carbocycles. The highest BCUT2D eigenvalue weighted by Gasteiger charge is 2.31. The number of carbonyl (C=O) groups is 2. The van der Waals surface area contributed by atoms with Gasteiger partial charge in [-0.15, -0.1) is 0 Å². The van der Waals surface area contributed by atoms with Crippen molar-refractivity contribution in [3.63, 3.8) is 0 Å². The Bertz CT molecular complexity index is 547. The number of carbonyl (C=O) groups excluding carboxylic acids is 2. The van der Waals surface area contributed by atoms with Gasteiger partial charge < -0.3 is 25.0 Å². The van der Waals surface area contributed by atoms with Gasteiger partial charge in [-0.3, -0.25) is 4.79 Å². The lowest BCUT2D eigenvalue weighted by Crippen LogP contribution is -2.41. The molecule has 21 heavy (non-hydrogen) atoms. The van der Waals surface area contributed by atoms with Crippen LogP contribution >= 0.6 is 0 Å². The van der Waals surface area contributed by atoms with Crippen molar-refractivity contribution in [1.29, 1.82) is 0 Å². The Labute approximate surface area is 123 Å². The summed E-state index contributed by atoms with van der Waals surface area (Å²) in [7, 11) is 4.64. The van der Waals surface area contributed by atoms with E-state index in [-0.39, 0.29) is 24.4 Å². The Morgan fingerprint density at radius 1 is 1.29 bits per heavy atom. The van der Waals surface area contributed by atoms with E-state index in [0.717, 1.165) is 5.69 Å². The zero-order valence-corrected chi connectivity index (χ0v) is 12.3. The molecule has 7 nitrogen and oxygen atoms in total. The number of hydrogen-bond acceptors (Lipinski definition) is 4. The minimum absolute atomic E-state index is 0.0383. The second-order valence-electron chi connectivity index (χ2n) is 4.67. The zero-order chi connectivity index (χ0) is 15.4. The van der Waals surface area contributed by atoms with Gasteiger partial charge in [0.2, 0.25) is 5.91 Å². The van der Waals surface area contributed by atoms with E-state index in [1.54, 1.807) is 37.3 Å². The largest absolute Gasteiger partial charge is 0.493 e. The van der Waals surface area contributed by atoms with E-state index in [1.807, 2.05) is 0 Å². The van der Waals surface area contributed by atoms with Crippen LogP contribution in [0.25, 0.3) is 0 Å². The molecule has 7 heteroatoms. The minimum Gasteiger partial charge on any atom is -0.493 e. The van der Waals surface area contributed by atoms with Crippen LogP contribution in [-0.4, -0.2) is 45.8 Å². The summed E-state index contributed by atoms with van der Waals surface area (Å²) < 4.78 is 10.4. The number of hydrogen-bond donors (Lipinski definition) is 2. The number of benzene rings is 1. The highest BCUT2D eigenvalue weighted by Crippen LogP contribution is 2.33. The first-order valence-corrected chi connectivity index (χ1v) is 6.59. The van der Waals surface area contributed by atoms with Gasteiger partial charge >= 0.3 is 6.03 Å². The number of anilines is 1. The molecule has 2 rings (SSSR count). The summed E-state index contributed by atoms with van der Waals surface area (Å²) in [6.45, 7) is 0.432. The molecule has 1 aliphatic rings. The van der Waals surface area contributed by atoms with Crippen molar-refractivity contribution >= 4 is 17.6 Å². The van der Waals surface area contributed by atoms with E-state index in [0.29, 0.717) is 18.0 Å². The smallest absolute Gasteiger partial charge is 0.314 e. The van der Waals surface area contributed by atoms with Gasteiger partial charge in [0, 0.05) is 31.8 Å². The molecule has 0 radical (unpaired) electrons. The number of nitrogens with zero attached hydrogens (tertiary/aromatic N) is 1. The Morgan fingerprint density at radius 3 is 2.62 bits per heavy atom. The number of nitrogens with one attached hydrogen (secondary N) is 2. The summed E-state index contributed by atoms with van der Waals surface area (Å²) in [5.41, 5.74) is 0.721. The maximum absolute atomic E-state index is 12.1. The molecule has 0 aromatic heterocycles. The Hall–Kier alpha value is -2.44. The third-order valence-corrected chi connectivity index (χ3v) is 3.37. The lowest BCUT2D eigenvalue weighted by atomic mass is 10.2. The average Bonchev–Trinajstić information content (AvgIpc) is 2.86. The molecule has 0 spiro atoms. The molecule has 1 saturated heterocycles. The molecule has 1 unspecified atom stereocenters. The van der Waals surface area contributed by atoms with Crippen LogP contribution in [0.1, 0.15) is 6.42 Å². The fraction of sp³-hybridized carbons (Fsp3) is 0.429. The van der Waals surface area contributed by atoms with Crippen molar-refractivity contribution in [2.24, 2.45) is 0 Å². The summed E-state index contributed by atoms with van der Waals surface area (Å²) >= 11 is 0. The predicted molar refractivity (Wildman–Crippen MR) is 77.9 cm³/mol. The number of amides is 3. The average molecular weight is 293 g/mol. The summed E-state index contributed by atoms with van der Waals surface area (Å²) in [4.78, 5) is 25.0. The van der Waals surface area contributed by atoms with Crippen LogP contribution < -0.4 is 25.0 Å².